The number of carbonyl (C=O) groups is 2. The molecule has 6 heteroatoms. The number of carbonyl (C=O) groups excluding carboxylic acids is 2. The van der Waals surface area contributed by atoms with Gasteiger partial charge < -0.3 is 4.74 Å². The molecule has 0 aromatic rings. The van der Waals surface area contributed by atoms with E-state index in [4.69, 9.17) is 10.3 Å². The van der Waals surface area contributed by atoms with Crippen molar-refractivity contribution in [3.63, 3.8) is 0 Å². The molecule has 2 N–H and O–H groups in total. The molecule has 0 rings (SSSR count). The molecular weight excluding hydrogens is 162 g/mol. The standard InChI is InChI=1S/C6H11N3O3/c1-2-12-4-5(10)3-6(11)8-9-7/h2-4H2,1H3,(H2,7,8,11). The van der Waals surface area contributed by atoms with Gasteiger partial charge in [-0.1, -0.05) is 5.22 Å². The van der Waals surface area contributed by atoms with E-state index in [-0.39, 0.29) is 18.8 Å². The van der Waals surface area contributed by atoms with Crippen LogP contribution in [0.1, 0.15) is 13.3 Å². The highest BCUT2D eigenvalue weighted by molar-refractivity contribution is 5.98. The van der Waals surface area contributed by atoms with Gasteiger partial charge in [-0.3, -0.25) is 9.59 Å². The first kappa shape index (κ1) is 10.7. The highest BCUT2D eigenvalue weighted by atomic mass is 16.5. The van der Waals surface area contributed by atoms with E-state index < -0.39 is 5.91 Å². The normalized spacial score (nSPS) is 9.08. The molecule has 0 unspecified atom stereocenters. The first-order valence-corrected chi connectivity index (χ1v) is 3.45. The van der Waals surface area contributed by atoms with Crippen LogP contribution in [0.25, 0.3) is 0 Å². The molecule has 0 bridgehead atoms. The van der Waals surface area contributed by atoms with Gasteiger partial charge in [0.2, 0.25) is 5.91 Å². The summed E-state index contributed by atoms with van der Waals surface area (Å²) in [6.07, 6.45) is -0.289. The molecule has 12 heavy (non-hydrogen) atoms. The Hall–Kier alpha value is -1.30. The van der Waals surface area contributed by atoms with E-state index in [2.05, 4.69) is 5.22 Å². The third-order valence-corrected chi connectivity index (χ3v) is 1.01. The van der Waals surface area contributed by atoms with E-state index in [9.17, 15) is 9.59 Å². The van der Waals surface area contributed by atoms with Crippen molar-refractivity contribution < 1.29 is 14.3 Å². The van der Waals surface area contributed by atoms with Crippen LogP contribution in [0.3, 0.4) is 0 Å². The molecule has 0 atom stereocenters. The topological polar surface area (TPSA) is 91.6 Å². The highest BCUT2D eigenvalue weighted by Gasteiger charge is 2.07. The first-order chi connectivity index (χ1) is 5.70. The van der Waals surface area contributed by atoms with Crippen molar-refractivity contribution in [3.05, 3.63) is 0 Å². The lowest BCUT2D eigenvalue weighted by Crippen LogP contribution is -2.22. The third-order valence-electron chi connectivity index (χ3n) is 1.01. The minimum Gasteiger partial charge on any atom is -0.374 e. The zero-order valence-corrected chi connectivity index (χ0v) is 6.79. The van der Waals surface area contributed by atoms with Gasteiger partial charge in [-0.15, -0.1) is 0 Å². The van der Waals surface area contributed by atoms with Crippen molar-refractivity contribution in [1.29, 1.82) is 5.53 Å². The van der Waals surface area contributed by atoms with Crippen LogP contribution in [0.4, 0.5) is 0 Å². The number of ether oxygens (including phenoxy) is 1. The molecule has 68 valence electrons. The van der Waals surface area contributed by atoms with Crippen molar-refractivity contribution in [3.8, 4) is 0 Å². The summed E-state index contributed by atoms with van der Waals surface area (Å²) in [5.41, 5.74) is 8.10. The summed E-state index contributed by atoms with van der Waals surface area (Å²) in [6.45, 7) is 2.13. The molecule has 0 aromatic carbocycles. The lowest BCUT2D eigenvalue weighted by Gasteiger charge is -1.98. The van der Waals surface area contributed by atoms with Gasteiger partial charge in [0, 0.05) is 6.61 Å². The van der Waals surface area contributed by atoms with Gasteiger partial charge in [-0.25, -0.2) is 5.43 Å². The quantitative estimate of drug-likeness (QED) is 0.337. The SMILES string of the molecule is CCOCC(=O)CC(=O)NN=N. The van der Waals surface area contributed by atoms with Crippen molar-refractivity contribution in [2.24, 2.45) is 5.22 Å². The second kappa shape index (κ2) is 6.41. The molecule has 0 saturated heterocycles. The summed E-state index contributed by atoms with van der Waals surface area (Å²) in [7, 11) is 0. The van der Waals surface area contributed by atoms with Crippen molar-refractivity contribution in [2.75, 3.05) is 13.2 Å². The van der Waals surface area contributed by atoms with Gasteiger partial charge in [-0.05, 0) is 6.92 Å². The average molecular weight is 173 g/mol. The van der Waals surface area contributed by atoms with Gasteiger partial charge in [0.25, 0.3) is 0 Å². The Kier molecular flexibility index (Phi) is 5.72. The molecule has 1 amide bonds. The first-order valence-electron chi connectivity index (χ1n) is 3.45. The molecule has 0 fully saturated rings. The van der Waals surface area contributed by atoms with E-state index in [0.29, 0.717) is 6.61 Å². The monoisotopic (exact) mass is 173 g/mol. The Labute approximate surface area is 69.8 Å². The maximum absolute atomic E-state index is 10.8. The summed E-state index contributed by atoms with van der Waals surface area (Å²) in [6, 6.07) is 0. The zero-order valence-electron chi connectivity index (χ0n) is 6.79. The second-order valence-electron chi connectivity index (χ2n) is 2.00. The fraction of sp³-hybridized carbons (Fsp3) is 0.667. The van der Waals surface area contributed by atoms with Crippen LogP contribution >= 0.6 is 0 Å². The smallest absolute Gasteiger partial charge is 0.248 e. The van der Waals surface area contributed by atoms with Crippen LogP contribution in [0, 0.1) is 5.53 Å². The van der Waals surface area contributed by atoms with Crippen LogP contribution < -0.4 is 5.43 Å². The van der Waals surface area contributed by atoms with Gasteiger partial charge in [-0.2, -0.15) is 5.53 Å². The Morgan fingerprint density at radius 3 is 2.75 bits per heavy atom. The molecular formula is C6H11N3O3. The molecule has 0 spiro atoms. The number of ketones is 1. The summed E-state index contributed by atoms with van der Waals surface area (Å²) in [4.78, 5) is 21.4. The van der Waals surface area contributed by atoms with Crippen LogP contribution in [-0.2, 0) is 14.3 Å². The minimum absolute atomic E-state index is 0.0675. The summed E-state index contributed by atoms with van der Waals surface area (Å²) in [5, 5.41) is 2.63. The maximum Gasteiger partial charge on any atom is 0.248 e. The van der Waals surface area contributed by atoms with E-state index in [1.807, 2.05) is 5.43 Å². The van der Waals surface area contributed by atoms with Crippen LogP contribution in [0.5, 0.6) is 0 Å². The third kappa shape index (κ3) is 5.48. The van der Waals surface area contributed by atoms with Gasteiger partial charge in [0.1, 0.15) is 6.61 Å². The van der Waals surface area contributed by atoms with Crippen LogP contribution in [0.15, 0.2) is 5.22 Å². The molecule has 0 aliphatic carbocycles. The number of hydrogen-bond acceptors (Lipinski definition) is 5. The molecule has 0 aliphatic rings. The van der Waals surface area contributed by atoms with Crippen molar-refractivity contribution >= 4 is 11.7 Å². The van der Waals surface area contributed by atoms with Crippen LogP contribution in [0.2, 0.25) is 0 Å². The van der Waals surface area contributed by atoms with E-state index in [0.717, 1.165) is 0 Å². The van der Waals surface area contributed by atoms with Crippen molar-refractivity contribution in [1.82, 2.24) is 5.43 Å². The van der Waals surface area contributed by atoms with Gasteiger partial charge in [0.05, 0.1) is 6.42 Å². The number of Topliss-reactive ketones (excluding diaryl/α,β-unsaturated/α-hetero) is 1. The number of amides is 1. The molecule has 0 heterocycles. The Bertz CT molecular complexity index is 181. The molecule has 0 aliphatic heterocycles. The fourth-order valence-corrected chi connectivity index (χ4v) is 0.548. The Balaban J connectivity index is 3.54. The molecule has 0 radical (unpaired) electrons. The minimum atomic E-state index is -0.588. The van der Waals surface area contributed by atoms with Gasteiger partial charge in [0.15, 0.2) is 5.78 Å². The Morgan fingerprint density at radius 2 is 2.25 bits per heavy atom. The highest BCUT2D eigenvalue weighted by Crippen LogP contribution is 1.85. The zero-order chi connectivity index (χ0) is 9.40. The lowest BCUT2D eigenvalue weighted by atomic mass is 10.3. The maximum atomic E-state index is 10.8. The predicted octanol–water partition coefficient (Wildman–Crippen LogP) is 0.0443. The summed E-state index contributed by atoms with van der Waals surface area (Å²) >= 11 is 0. The lowest BCUT2D eigenvalue weighted by molar-refractivity contribution is -0.130. The average Bonchev–Trinajstić information content (AvgIpc) is 2.01. The fourth-order valence-electron chi connectivity index (χ4n) is 0.548. The predicted molar refractivity (Wildman–Crippen MR) is 39.4 cm³/mol. The van der Waals surface area contributed by atoms with E-state index >= 15 is 0 Å². The molecule has 0 aromatic heterocycles. The van der Waals surface area contributed by atoms with E-state index in [1.165, 1.54) is 0 Å². The summed E-state index contributed by atoms with van der Waals surface area (Å²) in [5.74, 6) is -0.910. The number of nitrogens with zero attached hydrogens (tertiary/aromatic N) is 1. The molecule has 0 saturated carbocycles. The van der Waals surface area contributed by atoms with Crippen molar-refractivity contribution in [2.45, 2.75) is 13.3 Å². The second-order valence-corrected chi connectivity index (χ2v) is 2.00. The van der Waals surface area contributed by atoms with E-state index in [1.54, 1.807) is 6.92 Å². The molecule has 6 nitrogen and oxygen atoms in total. The largest absolute Gasteiger partial charge is 0.374 e. The number of rotatable bonds is 6. The number of hydrogen-bond donors (Lipinski definition) is 2. The Morgan fingerprint density at radius 1 is 1.58 bits per heavy atom. The summed E-state index contributed by atoms with van der Waals surface area (Å²) < 4.78 is 4.77. The number of nitrogens with one attached hydrogen (secondary N) is 2. The van der Waals surface area contributed by atoms with Gasteiger partial charge >= 0.3 is 0 Å². The van der Waals surface area contributed by atoms with Crippen LogP contribution in [-0.4, -0.2) is 24.9 Å².